The van der Waals surface area contributed by atoms with Gasteiger partial charge in [-0.2, -0.15) is 17.5 Å². The van der Waals surface area contributed by atoms with Crippen LogP contribution in [0, 0.1) is 5.92 Å². The van der Waals surface area contributed by atoms with Crippen molar-refractivity contribution >= 4 is 15.9 Å². The average molecular weight is 426 g/mol. The topological polar surface area (TPSA) is 66.5 Å². The molecule has 0 spiro atoms. The molecule has 1 heterocycles. The number of benzene rings is 2. The first-order valence-electron chi connectivity index (χ1n) is 9.17. The number of sulfonamides is 1. The molecule has 0 atom stereocenters. The summed E-state index contributed by atoms with van der Waals surface area (Å²) in [5, 5.41) is 2.83. The van der Waals surface area contributed by atoms with Gasteiger partial charge in [0, 0.05) is 25.6 Å². The van der Waals surface area contributed by atoms with Gasteiger partial charge in [-0.25, -0.2) is 8.42 Å². The summed E-state index contributed by atoms with van der Waals surface area (Å²) < 4.78 is 66.2. The Hall–Kier alpha value is -2.39. The van der Waals surface area contributed by atoms with Gasteiger partial charge in [0.1, 0.15) is 0 Å². The highest BCUT2D eigenvalue weighted by Crippen LogP contribution is 2.36. The van der Waals surface area contributed by atoms with Gasteiger partial charge in [-0.15, -0.1) is 0 Å². The van der Waals surface area contributed by atoms with Crippen molar-refractivity contribution in [1.82, 2.24) is 9.62 Å². The van der Waals surface area contributed by atoms with Gasteiger partial charge in [-0.3, -0.25) is 4.79 Å². The maximum Gasteiger partial charge on any atom is 0.417 e. The molecule has 1 aliphatic heterocycles. The highest BCUT2D eigenvalue weighted by Gasteiger charge is 2.40. The van der Waals surface area contributed by atoms with Crippen LogP contribution < -0.4 is 5.32 Å². The Balaban J connectivity index is 1.64. The fraction of sp³-hybridized carbons (Fsp3) is 0.350. The number of hydrogen-bond acceptors (Lipinski definition) is 3. The Bertz CT molecular complexity index is 954. The monoisotopic (exact) mass is 426 g/mol. The van der Waals surface area contributed by atoms with Crippen LogP contribution in [0.4, 0.5) is 13.2 Å². The van der Waals surface area contributed by atoms with Gasteiger partial charge in [0.15, 0.2) is 0 Å². The van der Waals surface area contributed by atoms with E-state index in [4.69, 9.17) is 0 Å². The van der Waals surface area contributed by atoms with Crippen LogP contribution in [0.3, 0.4) is 0 Å². The minimum atomic E-state index is -4.76. The molecule has 9 heteroatoms. The Kier molecular flexibility index (Phi) is 6.28. The zero-order chi connectivity index (χ0) is 21.1. The van der Waals surface area contributed by atoms with Gasteiger partial charge < -0.3 is 5.32 Å². The zero-order valence-electron chi connectivity index (χ0n) is 15.5. The third-order valence-corrected chi connectivity index (χ3v) is 6.90. The molecule has 0 bridgehead atoms. The number of nitrogens with zero attached hydrogens (tertiary/aromatic N) is 1. The predicted octanol–water partition coefficient (Wildman–Crippen LogP) is 3.42. The van der Waals surface area contributed by atoms with Crippen molar-refractivity contribution in [1.29, 1.82) is 0 Å². The molecule has 1 fully saturated rings. The molecule has 1 saturated heterocycles. The van der Waals surface area contributed by atoms with E-state index in [2.05, 4.69) is 5.32 Å². The van der Waals surface area contributed by atoms with E-state index < -0.39 is 26.7 Å². The van der Waals surface area contributed by atoms with Crippen molar-refractivity contribution < 1.29 is 26.4 Å². The molecule has 0 aromatic heterocycles. The van der Waals surface area contributed by atoms with Crippen LogP contribution in [0.25, 0.3) is 0 Å². The van der Waals surface area contributed by atoms with E-state index in [1.54, 1.807) is 0 Å². The van der Waals surface area contributed by atoms with Crippen LogP contribution in [-0.2, 0) is 27.5 Å². The second-order valence-electron chi connectivity index (χ2n) is 6.88. The van der Waals surface area contributed by atoms with E-state index in [1.165, 1.54) is 6.07 Å². The second kappa shape index (κ2) is 8.54. The standard InChI is InChI=1S/C20H21F3N2O3S/c21-20(22,23)17-8-4-5-9-18(17)29(27,28)25-12-10-16(11-13-25)19(26)24-14-15-6-2-1-3-7-15/h1-9,16H,10-14H2,(H,24,26). The third-order valence-electron chi connectivity index (χ3n) is 4.94. The molecule has 0 unspecified atom stereocenters. The quantitative estimate of drug-likeness (QED) is 0.797. The summed E-state index contributed by atoms with van der Waals surface area (Å²) in [5.41, 5.74) is -0.229. The maximum absolute atomic E-state index is 13.2. The number of piperidine rings is 1. The molecule has 3 rings (SSSR count). The number of rotatable bonds is 5. The van der Waals surface area contributed by atoms with Gasteiger partial charge in [-0.1, -0.05) is 42.5 Å². The molecule has 2 aromatic carbocycles. The molecule has 29 heavy (non-hydrogen) atoms. The fourth-order valence-electron chi connectivity index (χ4n) is 3.35. The Morgan fingerprint density at radius 2 is 1.59 bits per heavy atom. The summed E-state index contributed by atoms with van der Waals surface area (Å²) >= 11 is 0. The maximum atomic E-state index is 13.2. The van der Waals surface area contributed by atoms with Crippen molar-refractivity contribution in [2.24, 2.45) is 5.92 Å². The minimum Gasteiger partial charge on any atom is -0.352 e. The lowest BCUT2D eigenvalue weighted by Crippen LogP contribution is -2.43. The molecule has 0 aliphatic carbocycles. The SMILES string of the molecule is O=C(NCc1ccccc1)C1CCN(S(=O)(=O)c2ccccc2C(F)(F)F)CC1. The molecule has 2 aromatic rings. The van der Waals surface area contributed by atoms with E-state index in [0.717, 1.165) is 28.1 Å². The number of hydrogen-bond donors (Lipinski definition) is 1. The summed E-state index contributed by atoms with van der Waals surface area (Å²) in [5.74, 6) is -0.551. The zero-order valence-corrected chi connectivity index (χ0v) is 16.3. The highest BCUT2D eigenvalue weighted by atomic mass is 32.2. The van der Waals surface area contributed by atoms with Crippen molar-refractivity contribution in [3.63, 3.8) is 0 Å². The normalized spacial score (nSPS) is 16.5. The van der Waals surface area contributed by atoms with Gasteiger partial charge in [0.05, 0.1) is 10.5 Å². The van der Waals surface area contributed by atoms with Gasteiger partial charge >= 0.3 is 6.18 Å². The van der Waals surface area contributed by atoms with Gasteiger partial charge in [0.2, 0.25) is 15.9 Å². The van der Waals surface area contributed by atoms with E-state index in [-0.39, 0.29) is 37.8 Å². The lowest BCUT2D eigenvalue weighted by Gasteiger charge is -2.31. The minimum absolute atomic E-state index is 0.00204. The predicted molar refractivity (Wildman–Crippen MR) is 101 cm³/mol. The summed E-state index contributed by atoms with van der Waals surface area (Å²) in [6.45, 7) is 0.368. The van der Waals surface area contributed by atoms with E-state index in [1.807, 2.05) is 30.3 Å². The first-order valence-corrected chi connectivity index (χ1v) is 10.6. The van der Waals surface area contributed by atoms with Crippen LogP contribution in [0.1, 0.15) is 24.0 Å². The first kappa shape index (κ1) is 21.3. The van der Waals surface area contributed by atoms with Crippen molar-refractivity contribution in [3.8, 4) is 0 Å². The van der Waals surface area contributed by atoms with Crippen molar-refractivity contribution in [2.45, 2.75) is 30.5 Å². The Morgan fingerprint density at radius 1 is 1.00 bits per heavy atom. The Labute approximate surface area is 167 Å². The molecule has 1 amide bonds. The number of carbonyl (C=O) groups excluding carboxylic acids is 1. The highest BCUT2D eigenvalue weighted by molar-refractivity contribution is 7.89. The molecule has 0 radical (unpaired) electrons. The molecular weight excluding hydrogens is 405 g/mol. The fourth-order valence-corrected chi connectivity index (χ4v) is 5.03. The smallest absolute Gasteiger partial charge is 0.352 e. The summed E-state index contributed by atoms with van der Waals surface area (Å²) in [7, 11) is -4.30. The second-order valence-corrected chi connectivity index (χ2v) is 8.78. The first-order chi connectivity index (χ1) is 13.7. The number of halogens is 3. The van der Waals surface area contributed by atoms with E-state index >= 15 is 0 Å². The molecule has 156 valence electrons. The summed E-state index contributed by atoms with van der Waals surface area (Å²) in [6, 6.07) is 13.5. The van der Waals surface area contributed by atoms with Crippen LogP contribution in [0.15, 0.2) is 59.5 Å². The van der Waals surface area contributed by atoms with Crippen molar-refractivity contribution in [3.05, 3.63) is 65.7 Å². The number of alkyl halides is 3. The largest absolute Gasteiger partial charge is 0.417 e. The van der Waals surface area contributed by atoms with Gasteiger partial charge in [-0.05, 0) is 30.5 Å². The molecule has 0 saturated carbocycles. The lowest BCUT2D eigenvalue weighted by molar-refractivity contribution is -0.139. The number of nitrogens with one attached hydrogen (secondary N) is 1. The van der Waals surface area contributed by atoms with Crippen LogP contribution >= 0.6 is 0 Å². The molecular formula is C20H21F3N2O3S. The number of amides is 1. The van der Waals surface area contributed by atoms with E-state index in [0.29, 0.717) is 6.54 Å². The Morgan fingerprint density at radius 3 is 2.21 bits per heavy atom. The molecule has 5 nitrogen and oxygen atoms in total. The summed E-state index contributed by atoms with van der Waals surface area (Å²) in [4.78, 5) is 11.6. The molecule has 1 aliphatic rings. The lowest BCUT2D eigenvalue weighted by atomic mass is 9.97. The summed E-state index contributed by atoms with van der Waals surface area (Å²) in [6.07, 6.45) is -4.25. The van der Waals surface area contributed by atoms with Gasteiger partial charge in [0.25, 0.3) is 0 Å². The third kappa shape index (κ3) is 4.97. The molecule has 1 N–H and O–H groups in total. The van der Waals surface area contributed by atoms with E-state index in [9.17, 15) is 26.4 Å². The van der Waals surface area contributed by atoms with Crippen molar-refractivity contribution in [2.75, 3.05) is 13.1 Å². The van der Waals surface area contributed by atoms with Crippen LogP contribution in [0.2, 0.25) is 0 Å². The average Bonchev–Trinajstić information content (AvgIpc) is 2.72. The van der Waals surface area contributed by atoms with Crippen LogP contribution in [-0.4, -0.2) is 31.7 Å². The van der Waals surface area contributed by atoms with Crippen LogP contribution in [0.5, 0.6) is 0 Å². The number of carbonyl (C=O) groups is 1.